The third-order valence-electron chi connectivity index (χ3n) is 4.49. The number of nitrogens with zero attached hydrogens (tertiary/aromatic N) is 4. The quantitative estimate of drug-likeness (QED) is 0.892. The van der Waals surface area contributed by atoms with E-state index in [9.17, 15) is 14.3 Å². The van der Waals surface area contributed by atoms with Crippen LogP contribution in [0.2, 0.25) is 0 Å². The van der Waals surface area contributed by atoms with E-state index >= 15 is 0 Å². The number of aromatic nitrogens is 2. The van der Waals surface area contributed by atoms with E-state index in [0.29, 0.717) is 36.0 Å². The number of carbonyl (C=O) groups is 1. The van der Waals surface area contributed by atoms with Gasteiger partial charge in [-0.05, 0) is 31.7 Å². The Balaban J connectivity index is 1.70. The van der Waals surface area contributed by atoms with Crippen molar-refractivity contribution in [3.8, 4) is 0 Å². The van der Waals surface area contributed by atoms with E-state index in [2.05, 4.69) is 10.2 Å². The second kappa shape index (κ2) is 6.89. The lowest BCUT2D eigenvalue weighted by Crippen LogP contribution is -2.40. The zero-order valence-electron chi connectivity index (χ0n) is 14.4. The summed E-state index contributed by atoms with van der Waals surface area (Å²) in [6, 6.07) is 3.89. The standard InChI is InChI=1S/C17H21FN4O3/c1-10-4-5-12(18)6-13(10)17(24)22-7-14(15(23)8-22)21(3)9-16-20-19-11(2)25-16/h4-6,14-15,23H,7-9H2,1-3H3/t14-,15-/m1/s1. The number of β-amino-alcohol motifs (C(OH)–C–C–N with tert-alkyl or cyclic N) is 1. The van der Waals surface area contributed by atoms with E-state index in [0.717, 1.165) is 0 Å². The van der Waals surface area contributed by atoms with Gasteiger partial charge in [-0.15, -0.1) is 10.2 Å². The predicted octanol–water partition coefficient (Wildman–Crippen LogP) is 1.14. The Morgan fingerprint density at radius 3 is 2.84 bits per heavy atom. The van der Waals surface area contributed by atoms with E-state index in [4.69, 9.17) is 4.42 Å². The highest BCUT2D eigenvalue weighted by atomic mass is 19.1. The summed E-state index contributed by atoms with van der Waals surface area (Å²) >= 11 is 0. The molecule has 0 bridgehead atoms. The van der Waals surface area contributed by atoms with E-state index in [1.165, 1.54) is 12.1 Å². The van der Waals surface area contributed by atoms with Gasteiger partial charge in [0.25, 0.3) is 5.91 Å². The van der Waals surface area contributed by atoms with Crippen LogP contribution in [0, 0.1) is 19.7 Å². The highest BCUT2D eigenvalue weighted by Gasteiger charge is 2.37. The normalized spacial score (nSPS) is 20.5. The first kappa shape index (κ1) is 17.5. The summed E-state index contributed by atoms with van der Waals surface area (Å²) in [4.78, 5) is 16.1. The van der Waals surface area contributed by atoms with E-state index in [-0.39, 0.29) is 18.5 Å². The van der Waals surface area contributed by atoms with Crippen LogP contribution in [0.25, 0.3) is 0 Å². The molecule has 3 rings (SSSR count). The number of amides is 1. The Morgan fingerprint density at radius 1 is 1.40 bits per heavy atom. The van der Waals surface area contributed by atoms with Crippen molar-refractivity contribution >= 4 is 5.91 Å². The maximum Gasteiger partial charge on any atom is 0.254 e. The Morgan fingerprint density at radius 2 is 2.16 bits per heavy atom. The molecule has 134 valence electrons. The number of rotatable bonds is 4. The maximum atomic E-state index is 13.5. The first-order valence-corrected chi connectivity index (χ1v) is 8.08. The van der Waals surface area contributed by atoms with Gasteiger partial charge in [0, 0.05) is 25.6 Å². The van der Waals surface area contributed by atoms with Crippen molar-refractivity contribution in [3.63, 3.8) is 0 Å². The van der Waals surface area contributed by atoms with Crippen LogP contribution in [0.1, 0.15) is 27.7 Å². The summed E-state index contributed by atoms with van der Waals surface area (Å²) in [5.74, 6) is 0.210. The molecule has 25 heavy (non-hydrogen) atoms. The number of halogens is 1. The van der Waals surface area contributed by atoms with E-state index in [1.54, 1.807) is 24.8 Å². The summed E-state index contributed by atoms with van der Waals surface area (Å²) < 4.78 is 18.8. The first-order valence-electron chi connectivity index (χ1n) is 8.08. The van der Waals surface area contributed by atoms with Crippen LogP contribution in [-0.2, 0) is 6.54 Å². The smallest absolute Gasteiger partial charge is 0.254 e. The molecule has 0 spiro atoms. The zero-order valence-corrected chi connectivity index (χ0v) is 14.4. The van der Waals surface area contributed by atoms with Crippen molar-refractivity contribution < 1.29 is 18.7 Å². The SMILES string of the molecule is Cc1nnc(CN(C)[C@@H]2CN(C(=O)c3cc(F)ccc3C)C[C@H]2O)o1. The molecule has 0 unspecified atom stereocenters. The Labute approximate surface area is 145 Å². The topological polar surface area (TPSA) is 82.7 Å². The lowest BCUT2D eigenvalue weighted by atomic mass is 10.1. The van der Waals surface area contributed by atoms with Crippen LogP contribution in [0.15, 0.2) is 22.6 Å². The minimum absolute atomic E-state index is 0.201. The second-order valence-electron chi connectivity index (χ2n) is 6.43. The number of hydrogen-bond acceptors (Lipinski definition) is 6. The summed E-state index contributed by atoms with van der Waals surface area (Å²) in [5.41, 5.74) is 1.03. The van der Waals surface area contributed by atoms with E-state index < -0.39 is 11.9 Å². The van der Waals surface area contributed by atoms with Crippen LogP contribution >= 0.6 is 0 Å². The van der Waals surface area contributed by atoms with Crippen LogP contribution in [0.3, 0.4) is 0 Å². The van der Waals surface area contributed by atoms with Gasteiger partial charge in [-0.3, -0.25) is 9.69 Å². The molecule has 0 aliphatic carbocycles. The lowest BCUT2D eigenvalue weighted by Gasteiger charge is -2.24. The van der Waals surface area contributed by atoms with Gasteiger partial charge in [-0.1, -0.05) is 6.07 Å². The highest BCUT2D eigenvalue weighted by Crippen LogP contribution is 2.21. The molecule has 1 aromatic carbocycles. The van der Waals surface area contributed by atoms with Gasteiger partial charge in [0.2, 0.25) is 11.8 Å². The summed E-state index contributed by atoms with van der Waals surface area (Å²) in [7, 11) is 1.83. The molecule has 1 aliphatic heterocycles. The fourth-order valence-electron chi connectivity index (χ4n) is 3.10. The molecule has 0 saturated carbocycles. The molecule has 1 fully saturated rings. The van der Waals surface area contributed by atoms with Gasteiger partial charge < -0.3 is 14.4 Å². The summed E-state index contributed by atoms with van der Waals surface area (Å²) in [5, 5.41) is 18.1. The van der Waals surface area contributed by atoms with Crippen molar-refractivity contribution in [3.05, 3.63) is 46.9 Å². The third kappa shape index (κ3) is 3.69. The average molecular weight is 348 g/mol. The fraction of sp³-hybridized carbons (Fsp3) is 0.471. The molecule has 1 amide bonds. The van der Waals surface area contributed by atoms with Gasteiger partial charge in [0.05, 0.1) is 18.7 Å². The number of likely N-dealkylation sites (tertiary alicyclic amines) is 1. The number of likely N-dealkylation sites (N-methyl/N-ethyl adjacent to an activating group) is 1. The molecule has 1 N–H and O–H groups in total. The van der Waals surface area contributed by atoms with Gasteiger partial charge in [0.15, 0.2) is 0 Å². The van der Waals surface area contributed by atoms with Crippen LogP contribution in [-0.4, -0.2) is 63.3 Å². The van der Waals surface area contributed by atoms with Crippen LogP contribution in [0.5, 0.6) is 0 Å². The van der Waals surface area contributed by atoms with Crippen molar-refractivity contribution in [1.29, 1.82) is 0 Å². The summed E-state index contributed by atoms with van der Waals surface area (Å²) in [6.45, 7) is 4.40. The Kier molecular flexibility index (Phi) is 4.82. The molecular weight excluding hydrogens is 327 g/mol. The highest BCUT2D eigenvalue weighted by molar-refractivity contribution is 5.95. The molecule has 1 aromatic heterocycles. The number of aliphatic hydroxyl groups excluding tert-OH is 1. The minimum atomic E-state index is -0.702. The molecule has 0 radical (unpaired) electrons. The number of benzene rings is 1. The van der Waals surface area contributed by atoms with Crippen molar-refractivity contribution in [1.82, 2.24) is 20.0 Å². The summed E-state index contributed by atoms with van der Waals surface area (Å²) in [6.07, 6.45) is -0.702. The number of aliphatic hydroxyl groups is 1. The molecule has 8 heteroatoms. The van der Waals surface area contributed by atoms with Crippen molar-refractivity contribution in [2.45, 2.75) is 32.5 Å². The first-order chi connectivity index (χ1) is 11.8. The Hall–Kier alpha value is -2.32. The minimum Gasteiger partial charge on any atom is -0.424 e. The molecule has 2 atom stereocenters. The molecule has 1 aliphatic rings. The van der Waals surface area contributed by atoms with Gasteiger partial charge in [0.1, 0.15) is 5.82 Å². The van der Waals surface area contributed by atoms with Gasteiger partial charge in [-0.25, -0.2) is 4.39 Å². The zero-order chi connectivity index (χ0) is 18.1. The maximum absolute atomic E-state index is 13.5. The molecule has 2 heterocycles. The van der Waals surface area contributed by atoms with E-state index in [1.807, 2.05) is 11.9 Å². The molecule has 1 saturated heterocycles. The van der Waals surface area contributed by atoms with Crippen LogP contribution in [0.4, 0.5) is 4.39 Å². The predicted molar refractivity (Wildman–Crippen MR) is 87.3 cm³/mol. The average Bonchev–Trinajstić information content (AvgIpc) is 3.15. The third-order valence-corrected chi connectivity index (χ3v) is 4.49. The second-order valence-corrected chi connectivity index (χ2v) is 6.43. The van der Waals surface area contributed by atoms with Gasteiger partial charge in [-0.2, -0.15) is 0 Å². The number of carbonyl (C=O) groups excluding carboxylic acids is 1. The van der Waals surface area contributed by atoms with Crippen molar-refractivity contribution in [2.75, 3.05) is 20.1 Å². The molecular formula is C17H21FN4O3. The van der Waals surface area contributed by atoms with Gasteiger partial charge >= 0.3 is 0 Å². The lowest BCUT2D eigenvalue weighted by molar-refractivity contribution is 0.0760. The fourth-order valence-corrected chi connectivity index (χ4v) is 3.10. The number of aryl methyl sites for hydroxylation is 2. The molecule has 2 aromatic rings. The number of hydrogen-bond donors (Lipinski definition) is 1. The largest absolute Gasteiger partial charge is 0.424 e. The molecule has 7 nitrogen and oxygen atoms in total. The Bertz CT molecular complexity index is 779. The van der Waals surface area contributed by atoms with Crippen LogP contribution < -0.4 is 0 Å². The van der Waals surface area contributed by atoms with Crippen molar-refractivity contribution in [2.24, 2.45) is 0 Å². The monoisotopic (exact) mass is 348 g/mol.